The first kappa shape index (κ1) is 24.5. The molecule has 0 saturated carbocycles. The van der Waals surface area contributed by atoms with E-state index in [-0.39, 0.29) is 17.9 Å². The lowest BCUT2D eigenvalue weighted by atomic mass is 10.1. The Morgan fingerprint density at radius 3 is 2.69 bits per heavy atom. The number of amides is 1. The average Bonchev–Trinajstić information content (AvgIpc) is 3.28. The highest BCUT2D eigenvalue weighted by Crippen LogP contribution is 2.31. The SMILES string of the molecule is COc1cc(/C=N\NC(=O)c2cc3cc(Br)cc(Br)c3o2)ccc1OCc1cccc(C(=O)O)c1. The Kier molecular flexibility index (Phi) is 7.52. The number of hydrazone groups is 1. The number of hydrogen-bond donors (Lipinski definition) is 2. The van der Waals surface area contributed by atoms with Gasteiger partial charge in [0.15, 0.2) is 17.3 Å². The standard InChI is InChI=1S/C25H18Br2N2O6/c1-33-21-8-14(5-6-20(21)34-13-15-3-2-4-16(7-15)25(31)32)12-28-29-24(30)22-10-17-9-18(26)11-19(27)23(17)35-22/h2-12H,13H2,1H3,(H,29,30)(H,31,32)/b28-12-. The van der Waals surface area contributed by atoms with E-state index in [4.69, 9.17) is 19.0 Å². The second-order valence-electron chi connectivity index (χ2n) is 7.32. The van der Waals surface area contributed by atoms with Gasteiger partial charge in [-0.1, -0.05) is 28.1 Å². The van der Waals surface area contributed by atoms with Crippen molar-refractivity contribution in [2.75, 3.05) is 7.11 Å². The summed E-state index contributed by atoms with van der Waals surface area (Å²) in [6.45, 7) is 0.172. The van der Waals surface area contributed by atoms with Crippen molar-refractivity contribution in [3.8, 4) is 11.5 Å². The summed E-state index contributed by atoms with van der Waals surface area (Å²) in [7, 11) is 1.51. The minimum atomic E-state index is -0.999. The number of hydrogen-bond acceptors (Lipinski definition) is 6. The Hall–Kier alpha value is -3.63. The molecular formula is C25H18Br2N2O6. The molecule has 4 rings (SSSR count). The van der Waals surface area contributed by atoms with E-state index in [2.05, 4.69) is 42.4 Å². The van der Waals surface area contributed by atoms with Crippen LogP contribution < -0.4 is 14.9 Å². The number of carbonyl (C=O) groups is 2. The van der Waals surface area contributed by atoms with Crippen molar-refractivity contribution < 1.29 is 28.6 Å². The molecule has 1 amide bonds. The molecule has 0 radical (unpaired) electrons. The van der Waals surface area contributed by atoms with E-state index in [1.165, 1.54) is 19.4 Å². The Balaban J connectivity index is 1.41. The second-order valence-corrected chi connectivity index (χ2v) is 9.09. The lowest BCUT2D eigenvalue weighted by molar-refractivity contribution is 0.0696. The van der Waals surface area contributed by atoms with Gasteiger partial charge in [-0.2, -0.15) is 5.10 Å². The van der Waals surface area contributed by atoms with E-state index in [0.717, 1.165) is 14.3 Å². The van der Waals surface area contributed by atoms with Crippen molar-refractivity contribution in [3.63, 3.8) is 0 Å². The largest absolute Gasteiger partial charge is 0.493 e. The quantitative estimate of drug-likeness (QED) is 0.189. The number of nitrogens with one attached hydrogen (secondary N) is 1. The third-order valence-electron chi connectivity index (χ3n) is 4.90. The lowest BCUT2D eigenvalue weighted by Gasteiger charge is -2.11. The van der Waals surface area contributed by atoms with Gasteiger partial charge in [-0.25, -0.2) is 10.2 Å². The van der Waals surface area contributed by atoms with E-state index in [1.54, 1.807) is 42.5 Å². The summed E-state index contributed by atoms with van der Waals surface area (Å²) in [5.41, 5.74) is 4.58. The molecule has 0 aliphatic heterocycles. The fraction of sp³-hybridized carbons (Fsp3) is 0.0800. The Labute approximate surface area is 216 Å². The van der Waals surface area contributed by atoms with Crippen molar-refractivity contribution in [1.29, 1.82) is 0 Å². The molecule has 4 aromatic rings. The monoisotopic (exact) mass is 600 g/mol. The van der Waals surface area contributed by atoms with Crippen LogP contribution in [0.15, 0.2) is 79.1 Å². The molecule has 35 heavy (non-hydrogen) atoms. The van der Waals surface area contributed by atoms with Crippen LogP contribution in [0.3, 0.4) is 0 Å². The van der Waals surface area contributed by atoms with Gasteiger partial charge in [-0.05, 0) is 75.6 Å². The first-order chi connectivity index (χ1) is 16.8. The molecule has 3 aromatic carbocycles. The molecule has 10 heteroatoms. The van der Waals surface area contributed by atoms with Crippen LogP contribution in [0.5, 0.6) is 11.5 Å². The summed E-state index contributed by atoms with van der Waals surface area (Å²) in [5.74, 6) is -0.419. The normalized spacial score (nSPS) is 11.1. The van der Waals surface area contributed by atoms with Crippen molar-refractivity contribution >= 4 is 60.9 Å². The van der Waals surface area contributed by atoms with Crippen LogP contribution in [0.2, 0.25) is 0 Å². The van der Waals surface area contributed by atoms with E-state index >= 15 is 0 Å². The van der Waals surface area contributed by atoms with Crippen molar-refractivity contribution in [1.82, 2.24) is 5.43 Å². The van der Waals surface area contributed by atoms with Crippen molar-refractivity contribution in [3.05, 3.63) is 92.1 Å². The molecule has 2 N–H and O–H groups in total. The van der Waals surface area contributed by atoms with Crippen LogP contribution in [0.1, 0.15) is 32.0 Å². The predicted molar refractivity (Wildman–Crippen MR) is 137 cm³/mol. The van der Waals surface area contributed by atoms with Gasteiger partial charge in [0.25, 0.3) is 0 Å². The van der Waals surface area contributed by atoms with Gasteiger partial charge in [0.1, 0.15) is 12.2 Å². The van der Waals surface area contributed by atoms with Gasteiger partial charge in [0.2, 0.25) is 0 Å². The Morgan fingerprint density at radius 1 is 1.09 bits per heavy atom. The highest BCUT2D eigenvalue weighted by molar-refractivity contribution is 9.11. The molecule has 0 atom stereocenters. The minimum Gasteiger partial charge on any atom is -0.493 e. The maximum absolute atomic E-state index is 12.4. The van der Waals surface area contributed by atoms with E-state index in [9.17, 15) is 9.59 Å². The number of carboxylic acid groups (broad SMARTS) is 1. The minimum absolute atomic E-state index is 0.129. The molecule has 0 unspecified atom stereocenters. The molecular weight excluding hydrogens is 584 g/mol. The zero-order valence-corrected chi connectivity index (χ0v) is 21.4. The summed E-state index contributed by atoms with van der Waals surface area (Å²) in [4.78, 5) is 23.6. The summed E-state index contributed by atoms with van der Waals surface area (Å²) in [6, 6.07) is 17.0. The van der Waals surface area contributed by atoms with Crippen LogP contribution in [0.25, 0.3) is 11.0 Å². The highest BCUT2D eigenvalue weighted by Gasteiger charge is 2.14. The van der Waals surface area contributed by atoms with Gasteiger partial charge < -0.3 is 19.0 Å². The van der Waals surface area contributed by atoms with Crippen molar-refractivity contribution in [2.45, 2.75) is 6.61 Å². The van der Waals surface area contributed by atoms with E-state index in [0.29, 0.717) is 28.2 Å². The van der Waals surface area contributed by atoms with Crippen molar-refractivity contribution in [2.24, 2.45) is 5.10 Å². The summed E-state index contributed by atoms with van der Waals surface area (Å²) in [5, 5.41) is 13.9. The molecule has 0 aliphatic rings. The first-order valence-corrected chi connectivity index (χ1v) is 11.8. The first-order valence-electron chi connectivity index (χ1n) is 10.2. The lowest BCUT2D eigenvalue weighted by Crippen LogP contribution is -2.16. The highest BCUT2D eigenvalue weighted by atomic mass is 79.9. The van der Waals surface area contributed by atoms with Gasteiger partial charge in [-0.15, -0.1) is 0 Å². The van der Waals surface area contributed by atoms with Gasteiger partial charge in [0.05, 0.1) is 23.4 Å². The Morgan fingerprint density at radius 2 is 1.91 bits per heavy atom. The summed E-state index contributed by atoms with van der Waals surface area (Å²) in [6.07, 6.45) is 1.47. The molecule has 0 aliphatic carbocycles. The molecule has 1 aromatic heterocycles. The van der Waals surface area contributed by atoms with Gasteiger partial charge in [0, 0.05) is 9.86 Å². The average molecular weight is 602 g/mol. The summed E-state index contributed by atoms with van der Waals surface area (Å²) >= 11 is 6.82. The molecule has 8 nitrogen and oxygen atoms in total. The van der Waals surface area contributed by atoms with E-state index in [1.807, 2.05) is 12.1 Å². The molecule has 178 valence electrons. The molecule has 0 spiro atoms. The Bertz CT molecular complexity index is 1450. The number of nitrogens with zero attached hydrogens (tertiary/aromatic N) is 1. The maximum Gasteiger partial charge on any atom is 0.335 e. The van der Waals surface area contributed by atoms with Crippen LogP contribution in [-0.4, -0.2) is 30.3 Å². The number of carboxylic acids is 1. The van der Waals surface area contributed by atoms with Gasteiger partial charge in [-0.3, -0.25) is 4.79 Å². The predicted octanol–water partition coefficient (Wildman–Crippen LogP) is 6.01. The second kappa shape index (κ2) is 10.7. The number of carbonyl (C=O) groups excluding carboxylic acids is 1. The number of benzene rings is 3. The molecule has 1 heterocycles. The molecule has 0 saturated heterocycles. The van der Waals surface area contributed by atoms with Crippen LogP contribution in [0, 0.1) is 0 Å². The fourth-order valence-electron chi connectivity index (χ4n) is 3.25. The number of fused-ring (bicyclic) bond motifs is 1. The van der Waals surface area contributed by atoms with Crippen LogP contribution in [0.4, 0.5) is 0 Å². The molecule has 0 bridgehead atoms. The number of halogens is 2. The molecule has 0 fully saturated rings. The smallest absolute Gasteiger partial charge is 0.335 e. The number of furan rings is 1. The number of rotatable bonds is 8. The van der Waals surface area contributed by atoms with Crippen LogP contribution >= 0.6 is 31.9 Å². The fourth-order valence-corrected chi connectivity index (χ4v) is 4.59. The summed E-state index contributed by atoms with van der Waals surface area (Å²) < 4.78 is 18.4. The van der Waals surface area contributed by atoms with E-state index < -0.39 is 11.9 Å². The number of aromatic carboxylic acids is 1. The number of methoxy groups -OCH3 is 1. The van der Waals surface area contributed by atoms with Gasteiger partial charge >= 0.3 is 11.9 Å². The third kappa shape index (κ3) is 5.90. The third-order valence-corrected chi connectivity index (χ3v) is 5.94. The number of ether oxygens (including phenoxy) is 2. The zero-order chi connectivity index (χ0) is 24.9. The topological polar surface area (TPSA) is 110 Å². The van der Waals surface area contributed by atoms with Crippen LogP contribution in [-0.2, 0) is 6.61 Å². The zero-order valence-electron chi connectivity index (χ0n) is 18.2. The maximum atomic E-state index is 12.4.